The number of hydrogen-bond donors (Lipinski definition) is 1. The maximum atomic E-state index is 9.07. The molecule has 0 aromatic carbocycles. The minimum atomic E-state index is 0.286. The highest BCUT2D eigenvalue weighted by molar-refractivity contribution is 8.00. The number of ether oxygens (including phenoxy) is 1. The van der Waals surface area contributed by atoms with Gasteiger partial charge in [-0.15, -0.1) is 0 Å². The second-order valence-electron chi connectivity index (χ2n) is 3.53. The van der Waals surface area contributed by atoms with Crippen molar-refractivity contribution >= 4 is 17.7 Å². The van der Waals surface area contributed by atoms with E-state index in [1.165, 1.54) is 0 Å². The van der Waals surface area contributed by atoms with Crippen LogP contribution < -0.4 is 0 Å². The zero-order chi connectivity index (χ0) is 9.26. The molecule has 1 saturated heterocycles. The van der Waals surface area contributed by atoms with Crippen molar-refractivity contribution in [1.82, 2.24) is 0 Å². The molecule has 0 aromatic rings. The van der Waals surface area contributed by atoms with Gasteiger partial charge in [0.25, 0.3) is 0 Å². The highest BCUT2D eigenvalue weighted by Gasteiger charge is 2.39. The van der Waals surface area contributed by atoms with Crippen LogP contribution in [0, 0.1) is 5.92 Å². The van der Waals surface area contributed by atoms with E-state index in [4.69, 9.17) is 9.84 Å². The van der Waals surface area contributed by atoms with E-state index in [0.717, 1.165) is 25.3 Å². The fraction of sp³-hybridized carbons (Fsp3) is 0.889. The van der Waals surface area contributed by atoms with E-state index >= 15 is 0 Å². The van der Waals surface area contributed by atoms with Gasteiger partial charge in [-0.2, -0.15) is 11.8 Å². The third kappa shape index (κ3) is 1.70. The van der Waals surface area contributed by atoms with Crippen molar-refractivity contribution in [3.8, 4) is 0 Å². The monoisotopic (exact) mass is 201 g/mol. The van der Waals surface area contributed by atoms with Crippen LogP contribution in [0.4, 0.5) is 0 Å². The quantitative estimate of drug-likeness (QED) is 0.686. The second kappa shape index (κ2) is 3.88. The molecular weight excluding hydrogens is 186 g/mol. The Morgan fingerprint density at radius 2 is 2.54 bits per heavy atom. The topological polar surface area (TPSA) is 41.8 Å². The molecule has 0 spiro atoms. The van der Waals surface area contributed by atoms with Gasteiger partial charge in [0.15, 0.2) is 5.90 Å². The smallest absolute Gasteiger partial charge is 0.187 e. The Bertz CT molecular complexity index is 220. The molecule has 2 aliphatic rings. The predicted molar refractivity (Wildman–Crippen MR) is 54.3 cm³/mol. The van der Waals surface area contributed by atoms with Crippen LogP contribution >= 0.6 is 11.8 Å². The number of aliphatic imine (C=N–C) groups is 1. The Balaban J connectivity index is 2.07. The fourth-order valence-corrected chi connectivity index (χ4v) is 3.67. The van der Waals surface area contributed by atoms with Gasteiger partial charge in [-0.05, 0) is 12.8 Å². The third-order valence-electron chi connectivity index (χ3n) is 2.74. The molecule has 0 aliphatic carbocycles. The first-order chi connectivity index (χ1) is 6.35. The number of aliphatic hydroxyl groups excluding tert-OH is 1. The molecule has 0 aromatic heterocycles. The normalized spacial score (nSPS) is 38.3. The molecule has 0 amide bonds. The summed E-state index contributed by atoms with van der Waals surface area (Å²) in [6, 6.07) is 0. The van der Waals surface area contributed by atoms with Crippen LogP contribution in [-0.2, 0) is 4.74 Å². The first-order valence-corrected chi connectivity index (χ1v) is 5.64. The molecule has 13 heavy (non-hydrogen) atoms. The lowest BCUT2D eigenvalue weighted by molar-refractivity contribution is 0.283. The SMILES string of the molecule is COC1=NCCC2SC(CO)CC12. The molecule has 1 N–H and O–H groups in total. The van der Waals surface area contributed by atoms with E-state index in [-0.39, 0.29) is 6.61 Å². The number of aliphatic hydroxyl groups is 1. The lowest BCUT2D eigenvalue weighted by Crippen LogP contribution is -2.28. The summed E-state index contributed by atoms with van der Waals surface area (Å²) < 4.78 is 5.25. The lowest BCUT2D eigenvalue weighted by atomic mass is 9.95. The highest BCUT2D eigenvalue weighted by Crippen LogP contribution is 2.42. The van der Waals surface area contributed by atoms with Gasteiger partial charge in [0, 0.05) is 23.0 Å². The van der Waals surface area contributed by atoms with Crippen LogP contribution in [0.25, 0.3) is 0 Å². The Morgan fingerprint density at radius 3 is 3.23 bits per heavy atom. The summed E-state index contributed by atoms with van der Waals surface area (Å²) in [5, 5.41) is 10.1. The van der Waals surface area contributed by atoms with E-state index in [0.29, 0.717) is 16.4 Å². The summed E-state index contributed by atoms with van der Waals surface area (Å²) in [7, 11) is 1.69. The summed E-state index contributed by atoms with van der Waals surface area (Å²) in [4.78, 5) is 4.36. The van der Waals surface area contributed by atoms with Crippen LogP contribution in [-0.4, -0.2) is 41.8 Å². The Morgan fingerprint density at radius 1 is 1.69 bits per heavy atom. The molecule has 0 bridgehead atoms. The summed E-state index contributed by atoms with van der Waals surface area (Å²) in [5.74, 6) is 1.36. The van der Waals surface area contributed by atoms with Crippen LogP contribution in [0.15, 0.2) is 4.99 Å². The second-order valence-corrected chi connectivity index (χ2v) is 5.08. The fourth-order valence-electron chi connectivity index (χ4n) is 2.11. The minimum absolute atomic E-state index is 0.286. The number of nitrogens with zero attached hydrogens (tertiary/aromatic N) is 1. The lowest BCUT2D eigenvalue weighted by Gasteiger charge is -2.23. The van der Waals surface area contributed by atoms with Crippen molar-refractivity contribution in [2.24, 2.45) is 10.9 Å². The van der Waals surface area contributed by atoms with Crippen LogP contribution in [0.3, 0.4) is 0 Å². The van der Waals surface area contributed by atoms with Crippen molar-refractivity contribution in [3.63, 3.8) is 0 Å². The average molecular weight is 201 g/mol. The molecule has 3 nitrogen and oxygen atoms in total. The molecule has 74 valence electrons. The molecule has 4 heteroatoms. The van der Waals surface area contributed by atoms with Gasteiger partial charge in [-0.1, -0.05) is 0 Å². The standard InChI is InChI=1S/C9H15NO2S/c1-12-9-7-4-6(5-11)13-8(7)2-3-10-9/h6-8,11H,2-5H2,1H3. The van der Waals surface area contributed by atoms with Crippen molar-refractivity contribution in [1.29, 1.82) is 0 Å². The number of rotatable bonds is 1. The molecular formula is C9H15NO2S. The Labute approximate surface area is 82.6 Å². The van der Waals surface area contributed by atoms with Gasteiger partial charge < -0.3 is 9.84 Å². The average Bonchev–Trinajstić information content (AvgIpc) is 2.59. The van der Waals surface area contributed by atoms with E-state index in [1.54, 1.807) is 7.11 Å². The molecule has 1 fully saturated rings. The summed E-state index contributed by atoms with van der Waals surface area (Å²) >= 11 is 1.90. The number of hydrogen-bond acceptors (Lipinski definition) is 4. The first kappa shape index (κ1) is 9.34. The maximum Gasteiger partial charge on any atom is 0.187 e. The minimum Gasteiger partial charge on any atom is -0.484 e. The van der Waals surface area contributed by atoms with E-state index in [2.05, 4.69) is 4.99 Å². The van der Waals surface area contributed by atoms with E-state index < -0.39 is 0 Å². The molecule has 3 atom stereocenters. The van der Waals surface area contributed by atoms with Gasteiger partial charge in [0.2, 0.25) is 0 Å². The van der Waals surface area contributed by atoms with Crippen LogP contribution in [0.1, 0.15) is 12.8 Å². The largest absolute Gasteiger partial charge is 0.484 e. The number of methoxy groups -OCH3 is 1. The molecule has 2 rings (SSSR count). The third-order valence-corrected chi connectivity index (χ3v) is 4.38. The highest BCUT2D eigenvalue weighted by atomic mass is 32.2. The van der Waals surface area contributed by atoms with Crippen LogP contribution in [0.5, 0.6) is 0 Å². The Kier molecular flexibility index (Phi) is 2.79. The van der Waals surface area contributed by atoms with Gasteiger partial charge in [0.05, 0.1) is 13.7 Å². The molecule has 2 heterocycles. The maximum absolute atomic E-state index is 9.07. The van der Waals surface area contributed by atoms with Crippen molar-refractivity contribution in [2.75, 3.05) is 20.3 Å². The van der Waals surface area contributed by atoms with Crippen molar-refractivity contribution in [2.45, 2.75) is 23.3 Å². The number of thioether (sulfide) groups is 1. The van der Waals surface area contributed by atoms with Crippen molar-refractivity contribution < 1.29 is 9.84 Å². The Hall–Kier alpha value is -0.220. The predicted octanol–water partition coefficient (Wildman–Crippen LogP) is 0.918. The summed E-state index contributed by atoms with van der Waals surface area (Å²) in [6.07, 6.45) is 2.16. The molecule has 2 aliphatic heterocycles. The molecule has 0 radical (unpaired) electrons. The zero-order valence-corrected chi connectivity index (χ0v) is 8.59. The van der Waals surface area contributed by atoms with Gasteiger partial charge in [-0.25, -0.2) is 0 Å². The van der Waals surface area contributed by atoms with Gasteiger partial charge in [-0.3, -0.25) is 4.99 Å². The van der Waals surface area contributed by atoms with Crippen LogP contribution in [0.2, 0.25) is 0 Å². The van der Waals surface area contributed by atoms with Crippen molar-refractivity contribution in [3.05, 3.63) is 0 Å². The van der Waals surface area contributed by atoms with E-state index in [1.807, 2.05) is 11.8 Å². The van der Waals surface area contributed by atoms with Gasteiger partial charge >= 0.3 is 0 Å². The first-order valence-electron chi connectivity index (χ1n) is 4.69. The molecule has 3 unspecified atom stereocenters. The summed E-state index contributed by atoms with van der Waals surface area (Å²) in [5.41, 5.74) is 0. The molecule has 0 saturated carbocycles. The van der Waals surface area contributed by atoms with Gasteiger partial charge in [0.1, 0.15) is 0 Å². The number of fused-ring (bicyclic) bond motifs is 1. The van der Waals surface area contributed by atoms with E-state index in [9.17, 15) is 0 Å². The summed E-state index contributed by atoms with van der Waals surface area (Å²) in [6.45, 7) is 1.17. The zero-order valence-electron chi connectivity index (χ0n) is 7.77.